The van der Waals surface area contributed by atoms with E-state index in [1.54, 1.807) is 18.2 Å². The van der Waals surface area contributed by atoms with E-state index in [4.69, 9.17) is 10.5 Å². The molecule has 2 heterocycles. The second-order valence-electron chi connectivity index (χ2n) is 4.28. The topological polar surface area (TPSA) is 81.0 Å². The van der Waals surface area contributed by atoms with Crippen molar-refractivity contribution in [3.63, 3.8) is 0 Å². The first kappa shape index (κ1) is 14.0. The Kier molecular flexibility index (Phi) is 4.12. The van der Waals surface area contributed by atoms with E-state index in [0.29, 0.717) is 28.6 Å². The van der Waals surface area contributed by atoms with Crippen LogP contribution in [0, 0.1) is 0 Å². The first-order valence-corrected chi connectivity index (χ1v) is 8.17. The average molecular weight is 319 g/mol. The SMILES string of the molecule is Nc1ccc(OCCSc2nc3sccc3c(=O)[nH]2)cc1. The molecule has 108 valence electrons. The van der Waals surface area contributed by atoms with E-state index >= 15 is 0 Å². The highest BCUT2D eigenvalue weighted by atomic mass is 32.2. The Morgan fingerprint density at radius 1 is 1.29 bits per heavy atom. The Morgan fingerprint density at radius 3 is 2.90 bits per heavy atom. The van der Waals surface area contributed by atoms with Crippen LogP contribution >= 0.6 is 23.1 Å². The van der Waals surface area contributed by atoms with E-state index in [-0.39, 0.29) is 5.56 Å². The minimum Gasteiger partial charge on any atom is -0.493 e. The first-order chi connectivity index (χ1) is 10.2. The lowest BCUT2D eigenvalue weighted by Crippen LogP contribution is -2.08. The quantitative estimate of drug-likeness (QED) is 0.327. The number of rotatable bonds is 5. The van der Waals surface area contributed by atoms with Crippen molar-refractivity contribution in [3.8, 4) is 5.75 Å². The molecule has 0 radical (unpaired) electrons. The van der Waals surface area contributed by atoms with Crippen LogP contribution < -0.4 is 16.0 Å². The lowest BCUT2D eigenvalue weighted by Gasteiger charge is -2.05. The number of anilines is 1. The van der Waals surface area contributed by atoms with Gasteiger partial charge in [-0.2, -0.15) is 0 Å². The Labute approximate surface area is 129 Å². The third-order valence-corrected chi connectivity index (χ3v) is 4.43. The second-order valence-corrected chi connectivity index (χ2v) is 6.25. The summed E-state index contributed by atoms with van der Waals surface area (Å²) in [6, 6.07) is 9.04. The number of hydrogen-bond donors (Lipinski definition) is 2. The molecule has 3 rings (SSSR count). The number of H-pyrrole nitrogens is 1. The molecule has 2 aromatic heterocycles. The van der Waals surface area contributed by atoms with Gasteiger partial charge >= 0.3 is 0 Å². The van der Waals surface area contributed by atoms with Gasteiger partial charge in [-0.1, -0.05) is 11.8 Å². The van der Waals surface area contributed by atoms with Gasteiger partial charge in [0.2, 0.25) is 0 Å². The van der Waals surface area contributed by atoms with Crippen LogP contribution in [0.25, 0.3) is 10.2 Å². The van der Waals surface area contributed by atoms with Crippen LogP contribution in [0.1, 0.15) is 0 Å². The molecule has 0 aliphatic heterocycles. The number of thioether (sulfide) groups is 1. The largest absolute Gasteiger partial charge is 0.493 e. The highest BCUT2D eigenvalue weighted by Crippen LogP contribution is 2.19. The van der Waals surface area contributed by atoms with Crippen molar-refractivity contribution in [2.24, 2.45) is 0 Å². The van der Waals surface area contributed by atoms with Gasteiger partial charge in [0.1, 0.15) is 10.6 Å². The molecule has 0 fully saturated rings. The van der Waals surface area contributed by atoms with Gasteiger partial charge < -0.3 is 15.5 Å². The molecule has 1 aromatic carbocycles. The number of ether oxygens (including phenoxy) is 1. The zero-order valence-corrected chi connectivity index (χ0v) is 12.7. The molecule has 0 atom stereocenters. The van der Waals surface area contributed by atoms with Crippen LogP contribution in [-0.2, 0) is 0 Å². The minimum atomic E-state index is -0.0943. The molecule has 5 nitrogen and oxygen atoms in total. The zero-order valence-electron chi connectivity index (χ0n) is 11.0. The lowest BCUT2D eigenvalue weighted by molar-refractivity contribution is 0.344. The molecule has 21 heavy (non-hydrogen) atoms. The number of benzene rings is 1. The lowest BCUT2D eigenvalue weighted by atomic mass is 10.3. The molecule has 3 aromatic rings. The molecule has 0 amide bonds. The maximum Gasteiger partial charge on any atom is 0.260 e. The van der Waals surface area contributed by atoms with Gasteiger partial charge in [-0.05, 0) is 35.7 Å². The summed E-state index contributed by atoms with van der Waals surface area (Å²) in [7, 11) is 0. The van der Waals surface area contributed by atoms with Gasteiger partial charge in [-0.3, -0.25) is 4.79 Å². The second kappa shape index (κ2) is 6.19. The van der Waals surface area contributed by atoms with Gasteiger partial charge in [0.05, 0.1) is 12.0 Å². The van der Waals surface area contributed by atoms with Crippen molar-refractivity contribution < 1.29 is 4.74 Å². The highest BCUT2D eigenvalue weighted by molar-refractivity contribution is 7.99. The number of nitrogens with zero attached hydrogens (tertiary/aromatic N) is 1. The molecular formula is C14H13N3O2S2. The van der Waals surface area contributed by atoms with Crippen molar-refractivity contribution in [2.45, 2.75) is 5.16 Å². The summed E-state index contributed by atoms with van der Waals surface area (Å²) in [6.45, 7) is 0.529. The summed E-state index contributed by atoms with van der Waals surface area (Å²) in [5.41, 5.74) is 6.22. The zero-order chi connectivity index (χ0) is 14.7. The van der Waals surface area contributed by atoms with E-state index in [2.05, 4.69) is 9.97 Å². The van der Waals surface area contributed by atoms with Crippen LogP contribution in [0.2, 0.25) is 0 Å². The Morgan fingerprint density at radius 2 is 2.10 bits per heavy atom. The summed E-state index contributed by atoms with van der Waals surface area (Å²) in [6.07, 6.45) is 0. The first-order valence-electron chi connectivity index (χ1n) is 6.31. The van der Waals surface area contributed by atoms with E-state index in [0.717, 1.165) is 10.6 Å². The number of hydrogen-bond acceptors (Lipinski definition) is 6. The monoisotopic (exact) mass is 319 g/mol. The molecule has 0 bridgehead atoms. The molecule has 3 N–H and O–H groups in total. The number of aromatic nitrogens is 2. The van der Waals surface area contributed by atoms with Crippen LogP contribution in [-0.4, -0.2) is 22.3 Å². The smallest absolute Gasteiger partial charge is 0.260 e. The maximum atomic E-state index is 11.8. The van der Waals surface area contributed by atoms with Crippen molar-refractivity contribution in [3.05, 3.63) is 46.1 Å². The molecule has 0 aliphatic carbocycles. The van der Waals surface area contributed by atoms with Crippen molar-refractivity contribution in [1.29, 1.82) is 0 Å². The van der Waals surface area contributed by atoms with Crippen LogP contribution in [0.15, 0.2) is 45.7 Å². The van der Waals surface area contributed by atoms with E-state index in [9.17, 15) is 4.79 Å². The third kappa shape index (κ3) is 3.37. The Balaban J connectivity index is 1.57. The number of thiophene rings is 1. The van der Waals surface area contributed by atoms with E-state index < -0.39 is 0 Å². The summed E-state index contributed by atoms with van der Waals surface area (Å²) >= 11 is 2.93. The summed E-state index contributed by atoms with van der Waals surface area (Å²) in [4.78, 5) is 19.7. The Hall–Kier alpha value is -1.99. The number of aromatic amines is 1. The Bertz CT molecular complexity index is 796. The van der Waals surface area contributed by atoms with Crippen molar-refractivity contribution >= 4 is 39.0 Å². The van der Waals surface area contributed by atoms with E-state index in [1.165, 1.54) is 23.1 Å². The highest BCUT2D eigenvalue weighted by Gasteiger charge is 2.05. The fraction of sp³-hybridized carbons (Fsp3) is 0.143. The fourth-order valence-electron chi connectivity index (χ4n) is 1.78. The number of fused-ring (bicyclic) bond motifs is 1. The van der Waals surface area contributed by atoms with Crippen molar-refractivity contribution in [2.75, 3.05) is 18.1 Å². The van der Waals surface area contributed by atoms with Gasteiger partial charge in [0.25, 0.3) is 5.56 Å². The van der Waals surface area contributed by atoms with Crippen LogP contribution in [0.4, 0.5) is 5.69 Å². The predicted molar refractivity (Wildman–Crippen MR) is 87.3 cm³/mol. The number of nitrogen functional groups attached to an aromatic ring is 1. The molecular weight excluding hydrogens is 306 g/mol. The molecule has 0 unspecified atom stereocenters. The third-order valence-electron chi connectivity index (χ3n) is 2.78. The molecule has 0 saturated carbocycles. The molecule has 0 saturated heterocycles. The van der Waals surface area contributed by atoms with Crippen LogP contribution in [0.3, 0.4) is 0 Å². The summed E-state index contributed by atoms with van der Waals surface area (Å²) < 4.78 is 5.59. The molecule has 0 spiro atoms. The summed E-state index contributed by atoms with van der Waals surface area (Å²) in [5.74, 6) is 1.48. The molecule has 0 aliphatic rings. The predicted octanol–water partition coefficient (Wildman–Crippen LogP) is 2.74. The minimum absolute atomic E-state index is 0.0943. The van der Waals surface area contributed by atoms with Crippen molar-refractivity contribution in [1.82, 2.24) is 9.97 Å². The van der Waals surface area contributed by atoms with Gasteiger partial charge in [0, 0.05) is 11.4 Å². The number of nitrogens with one attached hydrogen (secondary N) is 1. The standard InChI is InChI=1S/C14H13N3O2S2/c15-9-1-3-10(4-2-9)19-6-8-21-14-16-12(18)11-5-7-20-13(11)17-14/h1-5,7H,6,8,15H2,(H,16,17,18). The molecule has 7 heteroatoms. The maximum absolute atomic E-state index is 11.8. The number of nitrogens with two attached hydrogens (primary N) is 1. The van der Waals surface area contributed by atoms with Gasteiger partial charge in [-0.15, -0.1) is 11.3 Å². The van der Waals surface area contributed by atoms with Crippen LogP contribution in [0.5, 0.6) is 5.75 Å². The average Bonchev–Trinajstić information content (AvgIpc) is 2.94. The van der Waals surface area contributed by atoms with E-state index in [1.807, 2.05) is 17.5 Å². The van der Waals surface area contributed by atoms with Gasteiger partial charge in [0.15, 0.2) is 5.16 Å². The fourth-order valence-corrected chi connectivity index (χ4v) is 3.28. The normalized spacial score (nSPS) is 10.9. The van der Waals surface area contributed by atoms with Gasteiger partial charge in [-0.25, -0.2) is 4.98 Å². The summed E-state index contributed by atoms with van der Waals surface area (Å²) in [5, 5.41) is 3.13.